The zero-order valence-electron chi connectivity index (χ0n) is 20.7. The van der Waals surface area contributed by atoms with Gasteiger partial charge in [-0.15, -0.1) is 0 Å². The van der Waals surface area contributed by atoms with E-state index in [0.29, 0.717) is 16.8 Å². The van der Waals surface area contributed by atoms with Crippen molar-refractivity contribution in [2.45, 2.75) is 74.6 Å². The number of amides is 1. The number of fused-ring (bicyclic) bond motifs is 2. The third kappa shape index (κ3) is 4.86. The Morgan fingerprint density at radius 1 is 1.09 bits per heavy atom. The molecule has 2 aromatic rings. The first-order valence-electron chi connectivity index (χ1n) is 12.8. The Morgan fingerprint density at radius 2 is 1.80 bits per heavy atom. The van der Waals surface area contributed by atoms with Gasteiger partial charge in [0.05, 0.1) is 10.3 Å². The number of benzene rings is 1. The summed E-state index contributed by atoms with van der Waals surface area (Å²) in [6, 6.07) is 7.23. The SMILES string of the molecule is CC1CCCC1N1C(=O)C2(CC2)c2cnc(Nc3ccc(S(N)=O)cc3)nc21.CN1CCCCC1. The maximum atomic E-state index is 13.2. The van der Waals surface area contributed by atoms with E-state index in [2.05, 4.69) is 29.2 Å². The van der Waals surface area contributed by atoms with Crippen molar-refractivity contribution in [1.29, 1.82) is 0 Å². The molecule has 4 aliphatic rings. The lowest BCUT2D eigenvalue weighted by Gasteiger charge is -2.28. The Balaban J connectivity index is 0.000000313. The van der Waals surface area contributed by atoms with Crippen molar-refractivity contribution in [3.63, 3.8) is 0 Å². The summed E-state index contributed by atoms with van der Waals surface area (Å²) in [6.45, 7) is 4.87. The van der Waals surface area contributed by atoms with Crippen molar-refractivity contribution in [3.05, 3.63) is 36.0 Å². The van der Waals surface area contributed by atoms with E-state index in [1.54, 1.807) is 24.3 Å². The Hall–Kier alpha value is -2.36. The van der Waals surface area contributed by atoms with Gasteiger partial charge in [0.15, 0.2) is 0 Å². The fraction of sp³-hybridized carbons (Fsp3) is 0.577. The van der Waals surface area contributed by atoms with Crippen LogP contribution >= 0.6 is 0 Å². The molecular formula is C26H36N6O2S. The number of carbonyl (C=O) groups excluding carboxylic acids is 1. The summed E-state index contributed by atoms with van der Waals surface area (Å²) in [7, 11) is 0.691. The van der Waals surface area contributed by atoms with Gasteiger partial charge >= 0.3 is 0 Å². The lowest BCUT2D eigenvalue weighted by molar-refractivity contribution is -0.120. The minimum Gasteiger partial charge on any atom is -0.324 e. The van der Waals surface area contributed by atoms with E-state index in [1.165, 1.54) is 32.4 Å². The Morgan fingerprint density at radius 3 is 2.34 bits per heavy atom. The predicted molar refractivity (Wildman–Crippen MR) is 139 cm³/mol. The van der Waals surface area contributed by atoms with Crippen molar-refractivity contribution < 1.29 is 9.00 Å². The summed E-state index contributed by atoms with van der Waals surface area (Å²) in [5.41, 5.74) is 1.39. The maximum absolute atomic E-state index is 13.2. The number of carbonyl (C=O) groups is 1. The topological polar surface area (TPSA) is 104 Å². The number of hydrogen-bond acceptors (Lipinski definition) is 6. The van der Waals surface area contributed by atoms with Crippen LogP contribution in [0, 0.1) is 5.92 Å². The van der Waals surface area contributed by atoms with Crippen LogP contribution in [0.1, 0.15) is 63.9 Å². The number of likely N-dealkylation sites (tertiary alicyclic amines) is 1. The van der Waals surface area contributed by atoms with Gasteiger partial charge in [0.2, 0.25) is 11.9 Å². The molecule has 8 nitrogen and oxygen atoms in total. The second-order valence-electron chi connectivity index (χ2n) is 10.5. The first-order chi connectivity index (χ1) is 16.9. The van der Waals surface area contributed by atoms with Crippen LogP contribution in [-0.4, -0.2) is 51.2 Å². The number of rotatable bonds is 4. The zero-order chi connectivity index (χ0) is 24.6. The van der Waals surface area contributed by atoms with E-state index in [1.807, 2.05) is 11.1 Å². The number of aromatic nitrogens is 2. The van der Waals surface area contributed by atoms with Gasteiger partial charge in [-0.05, 0) is 88.8 Å². The molecule has 3 fully saturated rings. The summed E-state index contributed by atoms with van der Waals surface area (Å²) in [6.07, 6.45) is 11.2. The normalized spacial score (nSPS) is 25.7. The summed E-state index contributed by atoms with van der Waals surface area (Å²) < 4.78 is 11.3. The van der Waals surface area contributed by atoms with Crippen LogP contribution in [0.4, 0.5) is 17.5 Å². The average Bonchev–Trinajstić information content (AvgIpc) is 3.50. The molecule has 9 heteroatoms. The molecule has 188 valence electrons. The molecule has 0 radical (unpaired) electrons. The first kappa shape index (κ1) is 24.3. The minimum atomic E-state index is -1.50. The van der Waals surface area contributed by atoms with Crippen molar-refractivity contribution in [1.82, 2.24) is 14.9 Å². The smallest absolute Gasteiger partial charge is 0.239 e. The molecule has 2 aliphatic heterocycles. The summed E-state index contributed by atoms with van der Waals surface area (Å²) >= 11 is 0. The fourth-order valence-corrected chi connectivity index (χ4v) is 6.08. The number of hydrogen-bond donors (Lipinski definition) is 2. The Bertz CT molecular complexity index is 1100. The predicted octanol–water partition coefficient (Wildman–Crippen LogP) is 3.87. The molecule has 1 amide bonds. The van der Waals surface area contributed by atoms with E-state index < -0.39 is 11.0 Å². The summed E-state index contributed by atoms with van der Waals surface area (Å²) in [4.78, 5) is 27.4. The van der Waals surface area contributed by atoms with Crippen LogP contribution in [0.3, 0.4) is 0 Å². The molecule has 3 atom stereocenters. The van der Waals surface area contributed by atoms with Gasteiger partial charge in [0, 0.05) is 23.5 Å². The first-order valence-corrected chi connectivity index (χ1v) is 14.0. The molecule has 6 rings (SSSR count). The number of nitrogens with two attached hydrogens (primary N) is 1. The van der Waals surface area contributed by atoms with Gasteiger partial charge in [-0.1, -0.05) is 19.8 Å². The third-order valence-electron chi connectivity index (χ3n) is 7.96. The molecule has 1 spiro atoms. The summed E-state index contributed by atoms with van der Waals surface area (Å²) in [5, 5.41) is 8.58. The zero-order valence-corrected chi connectivity index (χ0v) is 21.5. The van der Waals surface area contributed by atoms with E-state index >= 15 is 0 Å². The van der Waals surface area contributed by atoms with Crippen molar-refractivity contribution >= 4 is 34.3 Å². The molecule has 3 N–H and O–H groups in total. The minimum absolute atomic E-state index is 0.211. The molecule has 1 aromatic heterocycles. The van der Waals surface area contributed by atoms with Gasteiger partial charge in [0.25, 0.3) is 0 Å². The average molecular weight is 497 g/mol. The Kier molecular flexibility index (Phi) is 6.92. The van der Waals surface area contributed by atoms with Gasteiger partial charge in [-0.2, -0.15) is 4.98 Å². The number of nitrogens with zero attached hydrogens (tertiary/aromatic N) is 4. The lowest BCUT2D eigenvalue weighted by Crippen LogP contribution is -2.42. The molecule has 1 aromatic carbocycles. The van der Waals surface area contributed by atoms with E-state index in [-0.39, 0.29) is 17.4 Å². The molecule has 35 heavy (non-hydrogen) atoms. The second kappa shape index (κ2) is 9.95. The quantitative estimate of drug-likeness (QED) is 0.666. The van der Waals surface area contributed by atoms with Gasteiger partial charge in [-0.3, -0.25) is 9.69 Å². The van der Waals surface area contributed by atoms with Crippen LogP contribution < -0.4 is 15.4 Å². The van der Waals surface area contributed by atoms with Crippen LogP contribution in [-0.2, 0) is 21.2 Å². The highest BCUT2D eigenvalue weighted by molar-refractivity contribution is 7.82. The maximum Gasteiger partial charge on any atom is 0.239 e. The number of piperidine rings is 1. The molecule has 3 unspecified atom stereocenters. The van der Waals surface area contributed by atoms with Crippen LogP contribution in [0.15, 0.2) is 35.4 Å². The van der Waals surface area contributed by atoms with Crippen LogP contribution in [0.5, 0.6) is 0 Å². The fourth-order valence-electron chi connectivity index (χ4n) is 5.68. The number of nitrogens with one attached hydrogen (secondary N) is 1. The third-order valence-corrected chi connectivity index (χ3v) is 8.70. The highest BCUT2D eigenvalue weighted by atomic mass is 32.2. The molecule has 1 saturated heterocycles. The highest BCUT2D eigenvalue weighted by Gasteiger charge is 2.61. The molecule has 3 heterocycles. The molecular weight excluding hydrogens is 460 g/mol. The van der Waals surface area contributed by atoms with Gasteiger partial charge in [-0.25, -0.2) is 14.3 Å². The van der Waals surface area contributed by atoms with Crippen molar-refractivity contribution in [2.24, 2.45) is 11.1 Å². The van der Waals surface area contributed by atoms with Crippen LogP contribution in [0.25, 0.3) is 0 Å². The van der Waals surface area contributed by atoms with Crippen LogP contribution in [0.2, 0.25) is 0 Å². The highest BCUT2D eigenvalue weighted by Crippen LogP contribution is 2.58. The van der Waals surface area contributed by atoms with Crippen molar-refractivity contribution in [2.75, 3.05) is 30.4 Å². The number of anilines is 3. The standard InChI is InChI=1S/C20H23N5O2S.C6H13N/c1-12-3-2-4-16(12)25-17-15(20(9-10-20)18(25)26)11-22-19(24-17)23-13-5-7-14(8-6-13)28(21)27;1-7-5-3-2-4-6-7/h5-8,11-12,16H,2-4,9-10,21H2,1H3,(H,22,23,24);2-6H2,1H3. The molecule has 0 bridgehead atoms. The van der Waals surface area contributed by atoms with E-state index in [4.69, 9.17) is 10.1 Å². The van der Waals surface area contributed by atoms with Gasteiger partial charge in [0.1, 0.15) is 16.8 Å². The molecule has 2 saturated carbocycles. The summed E-state index contributed by atoms with van der Waals surface area (Å²) in [5.74, 6) is 1.93. The monoisotopic (exact) mass is 496 g/mol. The Labute approximate surface area is 210 Å². The molecule has 2 aliphatic carbocycles. The largest absolute Gasteiger partial charge is 0.324 e. The van der Waals surface area contributed by atoms with E-state index in [0.717, 1.165) is 49.2 Å². The lowest BCUT2D eigenvalue weighted by atomic mass is 10.0. The second-order valence-corrected chi connectivity index (χ2v) is 11.5. The van der Waals surface area contributed by atoms with E-state index in [9.17, 15) is 9.00 Å². The van der Waals surface area contributed by atoms with Crippen molar-refractivity contribution in [3.8, 4) is 0 Å². The van der Waals surface area contributed by atoms with Gasteiger partial charge < -0.3 is 10.2 Å².